The molecule has 80 valence electrons. The third-order valence-electron chi connectivity index (χ3n) is 2.39. The van der Waals surface area contributed by atoms with Gasteiger partial charge in [0.25, 0.3) is 0 Å². The Hall–Kier alpha value is -0.610. The Morgan fingerprint density at radius 1 is 1.50 bits per heavy atom. The zero-order chi connectivity index (χ0) is 10.4. The summed E-state index contributed by atoms with van der Waals surface area (Å²) in [5.41, 5.74) is 0. The molecule has 0 unspecified atom stereocenters. The minimum atomic E-state index is 0.191. The van der Waals surface area contributed by atoms with Crippen LogP contribution in [0.2, 0.25) is 0 Å². The van der Waals surface area contributed by atoms with Crippen LogP contribution in [0, 0.1) is 0 Å². The van der Waals surface area contributed by atoms with Crippen molar-refractivity contribution < 1.29 is 5.11 Å². The lowest BCUT2D eigenvalue weighted by molar-refractivity contribution is 0.296. The highest BCUT2D eigenvalue weighted by atomic mass is 32.1. The zero-order valence-electron chi connectivity index (χ0n) is 8.81. The SMILES string of the molecule is CCC(CC)N(CCO)c1nccs1. The van der Waals surface area contributed by atoms with E-state index in [1.165, 1.54) is 0 Å². The first kappa shape index (κ1) is 11.5. The number of aliphatic hydroxyl groups excluding tert-OH is 1. The molecule has 0 saturated carbocycles. The Morgan fingerprint density at radius 3 is 2.64 bits per heavy atom. The van der Waals surface area contributed by atoms with Crippen molar-refractivity contribution in [2.24, 2.45) is 0 Å². The van der Waals surface area contributed by atoms with Crippen LogP contribution in [0.15, 0.2) is 11.6 Å². The molecule has 0 aliphatic heterocycles. The minimum absolute atomic E-state index is 0.191. The molecule has 1 aromatic heterocycles. The van der Waals surface area contributed by atoms with Crippen LogP contribution in [0.4, 0.5) is 5.13 Å². The largest absolute Gasteiger partial charge is 0.395 e. The molecule has 1 heterocycles. The molecule has 0 aromatic carbocycles. The van der Waals surface area contributed by atoms with Gasteiger partial charge in [-0.25, -0.2) is 4.98 Å². The molecule has 1 aromatic rings. The van der Waals surface area contributed by atoms with Gasteiger partial charge in [0, 0.05) is 24.2 Å². The van der Waals surface area contributed by atoms with Gasteiger partial charge in [-0.05, 0) is 12.8 Å². The maximum absolute atomic E-state index is 9.01. The number of aromatic nitrogens is 1. The summed E-state index contributed by atoms with van der Waals surface area (Å²) in [6.07, 6.45) is 4.00. The molecule has 0 fully saturated rings. The Kier molecular flexibility index (Phi) is 4.90. The molecule has 0 spiro atoms. The summed E-state index contributed by atoms with van der Waals surface area (Å²) in [5, 5.41) is 12.0. The molecule has 0 bridgehead atoms. The summed E-state index contributed by atoms with van der Waals surface area (Å²) in [7, 11) is 0. The summed E-state index contributed by atoms with van der Waals surface area (Å²) >= 11 is 1.63. The smallest absolute Gasteiger partial charge is 0.185 e. The van der Waals surface area contributed by atoms with Crippen LogP contribution < -0.4 is 4.90 Å². The van der Waals surface area contributed by atoms with Crippen LogP contribution in [-0.4, -0.2) is 29.3 Å². The number of thiazole rings is 1. The fourth-order valence-electron chi connectivity index (χ4n) is 1.63. The summed E-state index contributed by atoms with van der Waals surface area (Å²) in [5.74, 6) is 0. The van der Waals surface area contributed by atoms with Crippen LogP contribution in [0.3, 0.4) is 0 Å². The molecule has 0 radical (unpaired) electrons. The van der Waals surface area contributed by atoms with Gasteiger partial charge in [-0.2, -0.15) is 0 Å². The molecule has 14 heavy (non-hydrogen) atoms. The van der Waals surface area contributed by atoms with Crippen LogP contribution in [0.25, 0.3) is 0 Å². The lowest BCUT2D eigenvalue weighted by Gasteiger charge is -2.29. The number of hydrogen-bond donors (Lipinski definition) is 1. The fraction of sp³-hybridized carbons (Fsp3) is 0.700. The van der Waals surface area contributed by atoms with E-state index in [0.717, 1.165) is 18.0 Å². The van der Waals surface area contributed by atoms with Gasteiger partial charge in [0.1, 0.15) is 0 Å². The zero-order valence-corrected chi connectivity index (χ0v) is 9.63. The van der Waals surface area contributed by atoms with Crippen molar-refractivity contribution >= 4 is 16.5 Å². The average Bonchev–Trinajstić information content (AvgIpc) is 2.71. The molecule has 0 aliphatic carbocycles. The summed E-state index contributed by atoms with van der Waals surface area (Å²) < 4.78 is 0. The Morgan fingerprint density at radius 2 is 2.21 bits per heavy atom. The van der Waals surface area contributed by atoms with Crippen LogP contribution in [0.5, 0.6) is 0 Å². The molecular formula is C10H18N2OS. The summed E-state index contributed by atoms with van der Waals surface area (Å²) in [6.45, 7) is 5.22. The molecule has 0 atom stereocenters. The first-order valence-electron chi connectivity index (χ1n) is 5.10. The molecule has 3 nitrogen and oxygen atoms in total. The topological polar surface area (TPSA) is 36.4 Å². The van der Waals surface area contributed by atoms with E-state index in [4.69, 9.17) is 5.11 Å². The van der Waals surface area contributed by atoms with E-state index in [1.807, 2.05) is 11.6 Å². The van der Waals surface area contributed by atoms with Crippen molar-refractivity contribution in [2.45, 2.75) is 32.7 Å². The highest BCUT2D eigenvalue weighted by Gasteiger charge is 2.16. The third kappa shape index (κ3) is 2.69. The predicted octanol–water partition coefficient (Wildman–Crippen LogP) is 2.13. The highest BCUT2D eigenvalue weighted by Crippen LogP contribution is 2.22. The van der Waals surface area contributed by atoms with E-state index >= 15 is 0 Å². The van der Waals surface area contributed by atoms with E-state index < -0.39 is 0 Å². The van der Waals surface area contributed by atoms with Crippen LogP contribution in [0.1, 0.15) is 26.7 Å². The normalized spacial score (nSPS) is 10.9. The van der Waals surface area contributed by atoms with Gasteiger partial charge in [0.2, 0.25) is 0 Å². The second-order valence-corrected chi connectivity index (χ2v) is 4.08. The number of rotatable bonds is 6. The monoisotopic (exact) mass is 214 g/mol. The molecule has 4 heteroatoms. The lowest BCUT2D eigenvalue weighted by atomic mass is 10.1. The second kappa shape index (κ2) is 5.98. The maximum atomic E-state index is 9.01. The van der Waals surface area contributed by atoms with E-state index in [1.54, 1.807) is 11.3 Å². The Balaban J connectivity index is 2.72. The van der Waals surface area contributed by atoms with Gasteiger partial charge in [0.05, 0.1) is 6.61 Å². The molecule has 0 aliphatic rings. The standard InChI is InChI=1S/C10H18N2OS/c1-3-9(4-2)12(6-7-13)10-11-5-8-14-10/h5,8-9,13H,3-4,6-7H2,1-2H3. The van der Waals surface area contributed by atoms with Gasteiger partial charge in [0.15, 0.2) is 5.13 Å². The van der Waals surface area contributed by atoms with E-state index in [2.05, 4.69) is 23.7 Å². The third-order valence-corrected chi connectivity index (χ3v) is 3.20. The lowest BCUT2D eigenvalue weighted by Crippen LogP contribution is -2.36. The molecule has 1 N–H and O–H groups in total. The van der Waals surface area contributed by atoms with E-state index in [0.29, 0.717) is 12.6 Å². The summed E-state index contributed by atoms with van der Waals surface area (Å²) in [4.78, 5) is 6.48. The predicted molar refractivity (Wildman–Crippen MR) is 60.9 cm³/mol. The van der Waals surface area contributed by atoms with Crippen LogP contribution >= 0.6 is 11.3 Å². The van der Waals surface area contributed by atoms with Gasteiger partial charge in [-0.3, -0.25) is 0 Å². The molecule has 0 saturated heterocycles. The Bertz CT molecular complexity index is 234. The number of hydrogen-bond acceptors (Lipinski definition) is 4. The maximum Gasteiger partial charge on any atom is 0.185 e. The number of anilines is 1. The van der Waals surface area contributed by atoms with Gasteiger partial charge < -0.3 is 10.0 Å². The van der Waals surface area contributed by atoms with Gasteiger partial charge in [-0.15, -0.1) is 11.3 Å². The molecule has 1 rings (SSSR count). The highest BCUT2D eigenvalue weighted by molar-refractivity contribution is 7.13. The van der Waals surface area contributed by atoms with Crippen molar-refractivity contribution in [3.63, 3.8) is 0 Å². The van der Waals surface area contributed by atoms with Crippen molar-refractivity contribution in [1.82, 2.24) is 4.98 Å². The van der Waals surface area contributed by atoms with Crippen molar-refractivity contribution in [1.29, 1.82) is 0 Å². The number of aliphatic hydroxyl groups is 1. The number of nitrogens with zero attached hydrogens (tertiary/aromatic N) is 2. The van der Waals surface area contributed by atoms with Gasteiger partial charge >= 0.3 is 0 Å². The van der Waals surface area contributed by atoms with Crippen LogP contribution in [-0.2, 0) is 0 Å². The molecular weight excluding hydrogens is 196 g/mol. The van der Waals surface area contributed by atoms with Crippen molar-refractivity contribution in [3.05, 3.63) is 11.6 Å². The van der Waals surface area contributed by atoms with Crippen molar-refractivity contribution in [3.8, 4) is 0 Å². The molecule has 0 amide bonds. The average molecular weight is 214 g/mol. The minimum Gasteiger partial charge on any atom is -0.395 e. The van der Waals surface area contributed by atoms with Crippen molar-refractivity contribution in [2.75, 3.05) is 18.1 Å². The first-order valence-corrected chi connectivity index (χ1v) is 5.98. The summed E-state index contributed by atoms with van der Waals surface area (Å²) in [6, 6.07) is 0.494. The quantitative estimate of drug-likeness (QED) is 0.788. The Labute approximate surface area is 89.4 Å². The second-order valence-electron chi connectivity index (χ2n) is 3.20. The van der Waals surface area contributed by atoms with E-state index in [9.17, 15) is 0 Å². The first-order chi connectivity index (χ1) is 6.83. The van der Waals surface area contributed by atoms with Gasteiger partial charge in [-0.1, -0.05) is 13.8 Å². The fourth-order valence-corrected chi connectivity index (χ4v) is 2.37. The van der Waals surface area contributed by atoms with E-state index in [-0.39, 0.29) is 6.61 Å².